The van der Waals surface area contributed by atoms with Crippen LogP contribution >= 0.6 is 0 Å². The van der Waals surface area contributed by atoms with E-state index >= 15 is 0 Å². The predicted octanol–water partition coefficient (Wildman–Crippen LogP) is 0.225. The molecule has 1 aliphatic rings. The van der Waals surface area contributed by atoms with Crippen LogP contribution in [0.15, 0.2) is 0 Å². The molecule has 0 saturated carbocycles. The number of urea groups is 1. The van der Waals surface area contributed by atoms with Gasteiger partial charge in [-0.15, -0.1) is 0 Å². The zero-order chi connectivity index (χ0) is 7.56. The minimum absolute atomic E-state index is 0.186. The smallest absolute Gasteiger partial charge is 0.327 e. The zero-order valence-corrected chi connectivity index (χ0v) is 5.87. The lowest BCUT2D eigenvalue weighted by Crippen LogP contribution is -2.44. The Morgan fingerprint density at radius 3 is 2.80 bits per heavy atom. The number of hydrogen-bond donors (Lipinski definition) is 0. The van der Waals surface area contributed by atoms with E-state index in [-0.39, 0.29) is 6.03 Å². The van der Waals surface area contributed by atoms with Crippen LogP contribution in [0.5, 0.6) is 0 Å². The highest BCUT2D eigenvalue weighted by atomic mass is 16.2. The number of hydrogen-bond acceptors (Lipinski definition) is 2. The first-order chi connectivity index (χ1) is 4.75. The van der Waals surface area contributed by atoms with Gasteiger partial charge in [0.1, 0.15) is 0 Å². The Balaban J connectivity index is 2.62. The second kappa shape index (κ2) is 2.56. The topological polar surface area (TPSA) is 47.3 Å². The van der Waals surface area contributed by atoms with Gasteiger partial charge in [-0.3, -0.25) is 0 Å². The fourth-order valence-electron chi connectivity index (χ4n) is 0.956. The van der Waals surface area contributed by atoms with Crippen molar-refractivity contribution in [2.45, 2.75) is 6.42 Å². The SMILES string of the molecule is CN1CCCN(C#N)C1=O. The van der Waals surface area contributed by atoms with Crippen LogP contribution in [0, 0.1) is 11.5 Å². The van der Waals surface area contributed by atoms with Gasteiger partial charge in [0.15, 0.2) is 6.19 Å². The van der Waals surface area contributed by atoms with Crippen LogP contribution in [-0.4, -0.2) is 36.0 Å². The number of carbonyl (C=O) groups is 1. The second-order valence-corrected chi connectivity index (χ2v) is 2.31. The van der Waals surface area contributed by atoms with E-state index in [9.17, 15) is 4.79 Å². The maximum absolute atomic E-state index is 11.0. The molecule has 1 rings (SSSR count). The van der Waals surface area contributed by atoms with Gasteiger partial charge >= 0.3 is 6.03 Å². The van der Waals surface area contributed by atoms with E-state index in [1.807, 2.05) is 6.19 Å². The van der Waals surface area contributed by atoms with Crippen molar-refractivity contribution in [1.82, 2.24) is 9.80 Å². The van der Waals surface area contributed by atoms with Crippen LogP contribution in [0.3, 0.4) is 0 Å². The van der Waals surface area contributed by atoms with E-state index in [1.54, 1.807) is 11.9 Å². The molecule has 1 aliphatic heterocycles. The second-order valence-electron chi connectivity index (χ2n) is 2.31. The van der Waals surface area contributed by atoms with Crippen molar-refractivity contribution in [3.63, 3.8) is 0 Å². The summed E-state index contributed by atoms with van der Waals surface area (Å²) in [5.41, 5.74) is 0. The molecule has 0 aromatic rings. The van der Waals surface area contributed by atoms with Crippen molar-refractivity contribution in [3.8, 4) is 6.19 Å². The van der Waals surface area contributed by atoms with E-state index in [4.69, 9.17) is 5.26 Å². The Morgan fingerprint density at radius 2 is 2.30 bits per heavy atom. The fraction of sp³-hybridized carbons (Fsp3) is 0.667. The van der Waals surface area contributed by atoms with Gasteiger partial charge in [-0.1, -0.05) is 0 Å². The Morgan fingerprint density at radius 1 is 1.60 bits per heavy atom. The minimum Gasteiger partial charge on any atom is -0.327 e. The minimum atomic E-state index is -0.186. The van der Waals surface area contributed by atoms with Crippen LogP contribution in [0.1, 0.15) is 6.42 Å². The van der Waals surface area contributed by atoms with Crippen molar-refractivity contribution in [2.75, 3.05) is 20.1 Å². The molecule has 0 unspecified atom stereocenters. The van der Waals surface area contributed by atoms with Crippen molar-refractivity contribution in [1.29, 1.82) is 5.26 Å². The van der Waals surface area contributed by atoms with Gasteiger partial charge in [-0.05, 0) is 6.42 Å². The molecule has 0 aromatic carbocycles. The Hall–Kier alpha value is -1.24. The summed E-state index contributed by atoms with van der Waals surface area (Å²) < 4.78 is 0. The summed E-state index contributed by atoms with van der Waals surface area (Å²) in [5.74, 6) is 0. The number of nitrogens with zero attached hydrogens (tertiary/aromatic N) is 3. The van der Waals surface area contributed by atoms with Crippen LogP contribution in [0.25, 0.3) is 0 Å². The summed E-state index contributed by atoms with van der Waals surface area (Å²) in [6.07, 6.45) is 2.71. The van der Waals surface area contributed by atoms with Crippen molar-refractivity contribution >= 4 is 6.03 Å². The largest absolute Gasteiger partial charge is 0.332 e. The highest BCUT2D eigenvalue weighted by Crippen LogP contribution is 2.04. The van der Waals surface area contributed by atoms with Crippen molar-refractivity contribution in [3.05, 3.63) is 0 Å². The van der Waals surface area contributed by atoms with Crippen LogP contribution in [-0.2, 0) is 0 Å². The van der Waals surface area contributed by atoms with Crippen LogP contribution in [0.4, 0.5) is 4.79 Å². The van der Waals surface area contributed by atoms with Crippen molar-refractivity contribution < 1.29 is 4.79 Å². The average molecular weight is 139 g/mol. The molecule has 0 N–H and O–H groups in total. The molecule has 0 radical (unpaired) electrons. The molecular formula is C6H9N3O. The molecule has 0 bridgehead atoms. The Kier molecular flexibility index (Phi) is 1.76. The number of amides is 2. The van der Waals surface area contributed by atoms with E-state index in [0.29, 0.717) is 6.54 Å². The Labute approximate surface area is 59.6 Å². The molecule has 4 heteroatoms. The van der Waals surface area contributed by atoms with Crippen LogP contribution in [0.2, 0.25) is 0 Å². The lowest BCUT2D eigenvalue weighted by molar-refractivity contribution is 0.164. The number of rotatable bonds is 0. The molecule has 0 spiro atoms. The Bertz CT molecular complexity index is 184. The van der Waals surface area contributed by atoms with Gasteiger partial charge in [-0.25, -0.2) is 9.69 Å². The molecule has 0 atom stereocenters. The highest BCUT2D eigenvalue weighted by molar-refractivity contribution is 5.76. The fourth-order valence-corrected chi connectivity index (χ4v) is 0.956. The van der Waals surface area contributed by atoms with Gasteiger partial charge in [0.25, 0.3) is 0 Å². The highest BCUT2D eigenvalue weighted by Gasteiger charge is 2.21. The molecule has 1 fully saturated rings. The first kappa shape index (κ1) is 6.87. The number of nitriles is 1. The maximum Gasteiger partial charge on any atom is 0.332 e. The lowest BCUT2D eigenvalue weighted by atomic mass is 10.3. The summed E-state index contributed by atoms with van der Waals surface area (Å²) in [6.45, 7) is 1.33. The summed E-state index contributed by atoms with van der Waals surface area (Å²) in [7, 11) is 1.70. The van der Waals surface area contributed by atoms with Gasteiger partial charge in [0.05, 0.1) is 0 Å². The first-order valence-electron chi connectivity index (χ1n) is 3.18. The summed E-state index contributed by atoms with van der Waals surface area (Å²) in [6, 6.07) is -0.186. The van der Waals surface area contributed by atoms with E-state index in [2.05, 4.69) is 0 Å². The third kappa shape index (κ3) is 1.03. The quantitative estimate of drug-likeness (QED) is 0.451. The van der Waals surface area contributed by atoms with Crippen molar-refractivity contribution in [2.24, 2.45) is 0 Å². The van der Waals surface area contributed by atoms with E-state index in [0.717, 1.165) is 13.0 Å². The average Bonchev–Trinajstić information content (AvgIpc) is 1.95. The molecule has 0 aromatic heterocycles. The molecule has 1 saturated heterocycles. The van der Waals surface area contributed by atoms with E-state index in [1.165, 1.54) is 4.90 Å². The molecular weight excluding hydrogens is 130 g/mol. The standard InChI is InChI=1S/C6H9N3O/c1-8-3-2-4-9(5-7)6(8)10/h2-4H2,1H3. The zero-order valence-electron chi connectivity index (χ0n) is 5.87. The van der Waals surface area contributed by atoms with Gasteiger partial charge < -0.3 is 4.90 Å². The predicted molar refractivity (Wildman–Crippen MR) is 35.0 cm³/mol. The van der Waals surface area contributed by atoms with E-state index < -0.39 is 0 Å². The molecule has 1 heterocycles. The van der Waals surface area contributed by atoms with Gasteiger partial charge in [0, 0.05) is 20.1 Å². The number of carbonyl (C=O) groups excluding carboxylic acids is 1. The first-order valence-corrected chi connectivity index (χ1v) is 3.18. The van der Waals surface area contributed by atoms with Gasteiger partial charge in [0.2, 0.25) is 0 Å². The summed E-state index contributed by atoms with van der Waals surface area (Å²) in [4.78, 5) is 13.7. The molecule has 10 heavy (non-hydrogen) atoms. The van der Waals surface area contributed by atoms with Crippen LogP contribution < -0.4 is 0 Å². The normalized spacial score (nSPS) is 19.0. The monoisotopic (exact) mass is 139 g/mol. The summed E-state index contributed by atoms with van der Waals surface area (Å²) in [5, 5.41) is 8.41. The molecule has 4 nitrogen and oxygen atoms in total. The third-order valence-corrected chi connectivity index (χ3v) is 1.55. The van der Waals surface area contributed by atoms with Gasteiger partial charge in [-0.2, -0.15) is 5.26 Å². The molecule has 54 valence electrons. The summed E-state index contributed by atoms with van der Waals surface area (Å²) >= 11 is 0. The lowest BCUT2D eigenvalue weighted by Gasteiger charge is -2.27. The maximum atomic E-state index is 11.0. The third-order valence-electron chi connectivity index (χ3n) is 1.55. The molecule has 0 aliphatic carbocycles. The molecule has 2 amide bonds.